The second-order valence-corrected chi connectivity index (χ2v) is 7.19. The Morgan fingerprint density at radius 1 is 1.00 bits per heavy atom. The fraction of sp³-hybridized carbons (Fsp3) is 0.111. The number of benzene rings is 1. The zero-order valence-corrected chi connectivity index (χ0v) is 16.1. The number of pyridine rings is 1. The third-order valence-electron chi connectivity index (χ3n) is 3.77. The number of nitrogens with two attached hydrogens (primary N) is 1. The van der Waals surface area contributed by atoms with Crippen LogP contribution in [0.3, 0.4) is 0 Å². The summed E-state index contributed by atoms with van der Waals surface area (Å²) >= 11 is 0.841. The molecule has 0 aliphatic rings. The molecule has 0 aliphatic heterocycles. The summed E-state index contributed by atoms with van der Waals surface area (Å²) in [6.45, 7) is 0. The van der Waals surface area contributed by atoms with E-state index < -0.39 is 47.3 Å². The third-order valence-corrected chi connectivity index (χ3v) is 4.59. The maximum absolute atomic E-state index is 14.1. The first-order chi connectivity index (χ1) is 14.5. The highest BCUT2D eigenvalue weighted by Gasteiger charge is 2.27. The molecular weight excluding hydrogens is 445 g/mol. The zero-order chi connectivity index (χ0) is 22.8. The summed E-state index contributed by atoms with van der Waals surface area (Å²) in [5.41, 5.74) is 4.19. The maximum atomic E-state index is 14.1. The summed E-state index contributed by atoms with van der Waals surface area (Å²) in [7, 11) is 0. The van der Waals surface area contributed by atoms with Gasteiger partial charge in [-0.2, -0.15) is 13.2 Å². The fourth-order valence-corrected chi connectivity index (χ4v) is 2.99. The Hall–Kier alpha value is -3.61. The topological polar surface area (TPSA) is 110 Å². The number of nitrogen functional groups attached to an aromatic ring is 1. The van der Waals surface area contributed by atoms with E-state index in [1.165, 1.54) is 6.20 Å². The molecule has 13 heteroatoms. The molecule has 0 spiro atoms. The van der Waals surface area contributed by atoms with Crippen molar-refractivity contribution in [3.8, 4) is 0 Å². The van der Waals surface area contributed by atoms with Crippen LogP contribution in [-0.4, -0.2) is 28.0 Å². The second-order valence-electron chi connectivity index (χ2n) is 6.13. The molecule has 1 aromatic carbocycles. The third kappa shape index (κ3) is 5.72. The molecule has 0 aliphatic carbocycles. The largest absolute Gasteiger partial charge is 0.393 e. The minimum absolute atomic E-state index is 0.0652. The maximum Gasteiger partial charge on any atom is 0.393 e. The first-order valence-corrected chi connectivity index (χ1v) is 9.18. The molecule has 0 atom stereocenters. The molecule has 0 saturated carbocycles. The number of anilines is 3. The van der Waals surface area contributed by atoms with Crippen molar-refractivity contribution in [2.75, 3.05) is 16.4 Å². The molecule has 2 heterocycles. The number of hydrogen-bond acceptors (Lipinski definition) is 6. The summed E-state index contributed by atoms with van der Waals surface area (Å²) in [5.74, 6) is -4.32. The molecule has 7 nitrogen and oxygen atoms in total. The van der Waals surface area contributed by atoms with Gasteiger partial charge in [0.1, 0.15) is 22.3 Å². The number of aromatic nitrogens is 2. The minimum Gasteiger partial charge on any atom is -0.375 e. The fourth-order valence-electron chi connectivity index (χ4n) is 2.41. The van der Waals surface area contributed by atoms with Crippen LogP contribution in [0.2, 0.25) is 0 Å². The Labute approximate surface area is 175 Å². The van der Waals surface area contributed by atoms with Gasteiger partial charge in [-0.3, -0.25) is 9.59 Å². The zero-order valence-electron chi connectivity index (χ0n) is 15.3. The van der Waals surface area contributed by atoms with E-state index in [4.69, 9.17) is 5.73 Å². The average Bonchev–Trinajstić information content (AvgIpc) is 3.10. The Morgan fingerprint density at radius 3 is 2.32 bits per heavy atom. The molecule has 4 N–H and O–H groups in total. The molecule has 162 valence electrons. The van der Waals surface area contributed by atoms with E-state index in [1.807, 2.05) is 0 Å². The highest BCUT2D eigenvalue weighted by Crippen LogP contribution is 2.24. The Morgan fingerprint density at radius 2 is 1.74 bits per heavy atom. The van der Waals surface area contributed by atoms with E-state index in [9.17, 15) is 31.5 Å². The molecule has 31 heavy (non-hydrogen) atoms. The lowest BCUT2D eigenvalue weighted by Crippen LogP contribution is -2.17. The molecule has 0 radical (unpaired) electrons. The molecule has 0 unspecified atom stereocenters. The van der Waals surface area contributed by atoms with Crippen LogP contribution < -0.4 is 16.4 Å². The van der Waals surface area contributed by atoms with Gasteiger partial charge in [0.05, 0.1) is 23.9 Å². The number of halogens is 5. The van der Waals surface area contributed by atoms with Crippen LogP contribution in [0.4, 0.5) is 38.6 Å². The van der Waals surface area contributed by atoms with Gasteiger partial charge in [0.2, 0.25) is 0 Å². The van der Waals surface area contributed by atoms with Crippen molar-refractivity contribution in [1.29, 1.82) is 0 Å². The number of hydrogen-bond donors (Lipinski definition) is 3. The van der Waals surface area contributed by atoms with Crippen LogP contribution in [0.5, 0.6) is 0 Å². The number of nitrogens with zero attached hydrogens (tertiary/aromatic N) is 2. The van der Waals surface area contributed by atoms with Gasteiger partial charge >= 0.3 is 6.18 Å². The predicted octanol–water partition coefficient (Wildman–Crippen LogP) is 4.01. The van der Waals surface area contributed by atoms with Crippen LogP contribution in [0.25, 0.3) is 0 Å². The highest BCUT2D eigenvalue weighted by atomic mass is 32.1. The standard InChI is InChI=1S/C18H12F5N5O2S/c19-10-4-11(20)12(27-16(30)13-7-26-17(24)31-13)3-9(10)15(29)28-14-2-1-8(6-25-14)5-18(21,22)23/h1-4,6-7H,5H2,(H2,24,26)(H,27,30)(H,25,28,29). The van der Waals surface area contributed by atoms with Crippen LogP contribution in [0, 0.1) is 11.6 Å². The smallest absolute Gasteiger partial charge is 0.375 e. The van der Waals surface area contributed by atoms with Gasteiger partial charge in [0.25, 0.3) is 11.8 Å². The molecule has 0 bridgehead atoms. The minimum atomic E-state index is -4.42. The van der Waals surface area contributed by atoms with E-state index in [0.717, 1.165) is 35.7 Å². The quantitative estimate of drug-likeness (QED) is 0.502. The number of nitrogens with one attached hydrogen (secondary N) is 2. The number of thiazole rings is 1. The van der Waals surface area contributed by atoms with Crippen molar-refractivity contribution in [2.45, 2.75) is 12.6 Å². The summed E-state index contributed by atoms with van der Waals surface area (Å²) in [5, 5.41) is 4.49. The van der Waals surface area contributed by atoms with Crippen molar-refractivity contribution in [3.63, 3.8) is 0 Å². The van der Waals surface area contributed by atoms with Crippen LogP contribution in [0.1, 0.15) is 25.6 Å². The second kappa shape index (κ2) is 8.63. The number of alkyl halides is 3. The van der Waals surface area contributed by atoms with Crippen LogP contribution >= 0.6 is 11.3 Å². The SMILES string of the molecule is Nc1ncc(C(=O)Nc2cc(C(=O)Nc3ccc(CC(F)(F)F)cn3)c(F)cc2F)s1. The van der Waals surface area contributed by atoms with Gasteiger partial charge < -0.3 is 16.4 Å². The van der Waals surface area contributed by atoms with Gasteiger partial charge in [-0.15, -0.1) is 0 Å². The summed E-state index contributed by atoms with van der Waals surface area (Å²) < 4.78 is 65.3. The van der Waals surface area contributed by atoms with E-state index >= 15 is 0 Å². The van der Waals surface area contributed by atoms with Gasteiger partial charge in [-0.05, 0) is 17.7 Å². The van der Waals surface area contributed by atoms with E-state index in [2.05, 4.69) is 20.6 Å². The Kier molecular flexibility index (Phi) is 6.15. The molecule has 3 aromatic rings. The van der Waals surface area contributed by atoms with E-state index in [1.54, 1.807) is 0 Å². The highest BCUT2D eigenvalue weighted by molar-refractivity contribution is 7.17. The number of amides is 2. The van der Waals surface area contributed by atoms with Gasteiger partial charge in [0, 0.05) is 12.3 Å². The molecule has 0 fully saturated rings. The Bertz CT molecular complexity index is 1130. The predicted molar refractivity (Wildman–Crippen MR) is 103 cm³/mol. The molecule has 2 aromatic heterocycles. The van der Waals surface area contributed by atoms with Crippen molar-refractivity contribution >= 4 is 39.8 Å². The molecular formula is C18H12F5N5O2S. The average molecular weight is 457 g/mol. The van der Waals surface area contributed by atoms with Gasteiger partial charge in [0.15, 0.2) is 5.13 Å². The lowest BCUT2D eigenvalue weighted by Gasteiger charge is -2.10. The lowest BCUT2D eigenvalue weighted by molar-refractivity contribution is -0.127. The van der Waals surface area contributed by atoms with Crippen molar-refractivity contribution in [1.82, 2.24) is 9.97 Å². The van der Waals surface area contributed by atoms with Crippen molar-refractivity contribution < 1.29 is 31.5 Å². The summed E-state index contributed by atoms with van der Waals surface area (Å²) in [4.78, 5) is 31.9. The van der Waals surface area contributed by atoms with Crippen molar-refractivity contribution in [3.05, 3.63) is 64.3 Å². The van der Waals surface area contributed by atoms with Crippen LogP contribution in [0.15, 0.2) is 36.7 Å². The Balaban J connectivity index is 1.76. The summed E-state index contributed by atoms with van der Waals surface area (Å²) in [6.07, 6.45) is -3.54. The molecule has 3 rings (SSSR count). The first-order valence-electron chi connectivity index (χ1n) is 8.36. The monoisotopic (exact) mass is 457 g/mol. The summed E-state index contributed by atoms with van der Waals surface area (Å²) in [6, 6.07) is 3.40. The van der Waals surface area contributed by atoms with E-state index in [0.29, 0.717) is 6.07 Å². The van der Waals surface area contributed by atoms with E-state index in [-0.39, 0.29) is 21.4 Å². The van der Waals surface area contributed by atoms with Gasteiger partial charge in [-0.1, -0.05) is 17.4 Å². The van der Waals surface area contributed by atoms with Gasteiger partial charge in [-0.25, -0.2) is 18.7 Å². The number of rotatable bonds is 5. The van der Waals surface area contributed by atoms with Crippen molar-refractivity contribution in [2.24, 2.45) is 0 Å². The molecule has 0 saturated heterocycles. The van der Waals surface area contributed by atoms with Crippen LogP contribution in [-0.2, 0) is 6.42 Å². The first kappa shape index (κ1) is 22.1. The normalized spacial score (nSPS) is 11.3. The number of carbonyl (C=O) groups is 2. The molecule has 2 amide bonds. The number of carbonyl (C=O) groups excluding carboxylic acids is 2. The lowest BCUT2D eigenvalue weighted by atomic mass is 10.1.